The Bertz CT molecular complexity index is 1280. The Balaban J connectivity index is 1.31. The third kappa shape index (κ3) is 5.26. The van der Waals surface area contributed by atoms with Crippen LogP contribution in [0.5, 0.6) is 0 Å². The van der Waals surface area contributed by atoms with Crippen LogP contribution in [-0.4, -0.2) is 51.9 Å². The number of benzene rings is 2. The zero-order valence-corrected chi connectivity index (χ0v) is 20.6. The van der Waals surface area contributed by atoms with Gasteiger partial charge < -0.3 is 4.90 Å². The normalized spacial score (nSPS) is 15.8. The fourth-order valence-corrected chi connectivity index (χ4v) is 5.86. The number of carbonyl (C=O) groups excluding carboxylic acids is 1. The fourth-order valence-electron chi connectivity index (χ4n) is 5.15. The van der Waals surface area contributed by atoms with Crippen LogP contribution >= 0.6 is 11.3 Å². The van der Waals surface area contributed by atoms with Crippen molar-refractivity contribution in [2.24, 2.45) is 5.92 Å². The molecule has 0 N–H and O–H groups in total. The van der Waals surface area contributed by atoms with Crippen molar-refractivity contribution in [2.75, 3.05) is 20.1 Å². The van der Waals surface area contributed by atoms with Crippen LogP contribution in [0, 0.1) is 11.7 Å². The third-order valence-corrected chi connectivity index (χ3v) is 7.95. The van der Waals surface area contributed by atoms with Gasteiger partial charge in [0.05, 0.1) is 15.9 Å². The first kappa shape index (κ1) is 23.6. The highest BCUT2D eigenvalue weighted by molar-refractivity contribution is 7.12. The van der Waals surface area contributed by atoms with E-state index in [1.165, 1.54) is 23.0 Å². The molecule has 0 aliphatic carbocycles. The first-order valence-corrected chi connectivity index (χ1v) is 12.9. The molecule has 0 radical (unpaired) electrons. The summed E-state index contributed by atoms with van der Waals surface area (Å²) in [4.78, 5) is 27.2. The Morgan fingerprint density at radius 1 is 1.06 bits per heavy atom. The van der Waals surface area contributed by atoms with Crippen LogP contribution in [0.3, 0.4) is 0 Å². The molecule has 180 valence electrons. The van der Waals surface area contributed by atoms with Crippen molar-refractivity contribution >= 4 is 28.3 Å². The van der Waals surface area contributed by atoms with Crippen molar-refractivity contribution in [3.8, 4) is 0 Å². The van der Waals surface area contributed by atoms with Gasteiger partial charge in [-0.25, -0.2) is 4.39 Å². The predicted molar refractivity (Wildman–Crippen MR) is 138 cm³/mol. The molecule has 7 heteroatoms. The molecule has 4 aromatic rings. The van der Waals surface area contributed by atoms with Crippen LogP contribution in [0.15, 0.2) is 72.4 Å². The number of fused-ring (bicyclic) bond motifs is 1. The number of para-hydroxylation sites is 1. The maximum absolute atomic E-state index is 14.6. The maximum Gasteiger partial charge on any atom is 0.263 e. The van der Waals surface area contributed by atoms with Crippen LogP contribution in [0.2, 0.25) is 0 Å². The van der Waals surface area contributed by atoms with Gasteiger partial charge in [0, 0.05) is 32.0 Å². The zero-order chi connectivity index (χ0) is 24.2. The van der Waals surface area contributed by atoms with Gasteiger partial charge in [0.1, 0.15) is 5.82 Å². The molecule has 3 heterocycles. The van der Waals surface area contributed by atoms with Gasteiger partial charge in [-0.15, -0.1) is 11.3 Å². The van der Waals surface area contributed by atoms with E-state index in [1.807, 2.05) is 53.7 Å². The summed E-state index contributed by atoms with van der Waals surface area (Å²) < 4.78 is 14.6. The lowest BCUT2D eigenvalue weighted by atomic mass is 9.84. The van der Waals surface area contributed by atoms with Crippen molar-refractivity contribution in [3.05, 3.63) is 94.2 Å². The van der Waals surface area contributed by atoms with Crippen molar-refractivity contribution < 1.29 is 9.18 Å². The standard InChI is InChI=1S/C28H29FN4OS/c1-32(28(34)26-10-5-17-35-26)25(18-21-6-2-3-8-23(21)29)20-11-15-33(16-12-20)19-22-7-4-9-24-27(22)31-14-13-30-24/h2-10,13-14,17,20,25H,11-12,15-16,18-19H2,1H3. The molecule has 0 bridgehead atoms. The van der Waals surface area contributed by atoms with E-state index in [0.717, 1.165) is 48.4 Å². The molecule has 1 atom stereocenters. The molecule has 0 spiro atoms. The van der Waals surface area contributed by atoms with Crippen LogP contribution in [-0.2, 0) is 13.0 Å². The predicted octanol–water partition coefficient (Wildman–Crippen LogP) is 5.43. The molecule has 5 nitrogen and oxygen atoms in total. The Hall–Kier alpha value is -3.16. The molecular weight excluding hydrogens is 459 g/mol. The highest BCUT2D eigenvalue weighted by Crippen LogP contribution is 2.29. The molecule has 2 aromatic carbocycles. The van der Waals surface area contributed by atoms with E-state index < -0.39 is 0 Å². The molecule has 35 heavy (non-hydrogen) atoms. The first-order chi connectivity index (χ1) is 17.1. The summed E-state index contributed by atoms with van der Waals surface area (Å²) in [5, 5.41) is 1.92. The number of aromatic nitrogens is 2. The molecule has 5 rings (SSSR count). The van der Waals surface area contributed by atoms with Gasteiger partial charge >= 0.3 is 0 Å². The van der Waals surface area contributed by atoms with E-state index in [4.69, 9.17) is 0 Å². The van der Waals surface area contributed by atoms with Gasteiger partial charge in [-0.1, -0.05) is 36.4 Å². The number of likely N-dealkylation sites (N-methyl/N-ethyl adjacent to an activating group) is 1. The van der Waals surface area contributed by atoms with Crippen LogP contribution in [0.1, 0.15) is 33.6 Å². The minimum absolute atomic E-state index is 0.0121. The van der Waals surface area contributed by atoms with Crippen molar-refractivity contribution in [3.63, 3.8) is 0 Å². The Morgan fingerprint density at radius 3 is 2.60 bits per heavy atom. The topological polar surface area (TPSA) is 49.3 Å². The number of piperidine rings is 1. The number of likely N-dealkylation sites (tertiary alicyclic amines) is 1. The highest BCUT2D eigenvalue weighted by atomic mass is 32.1. The lowest BCUT2D eigenvalue weighted by molar-refractivity contribution is 0.0588. The minimum Gasteiger partial charge on any atom is -0.337 e. The molecule has 1 amide bonds. The summed E-state index contributed by atoms with van der Waals surface area (Å²) in [6.07, 6.45) is 5.90. The summed E-state index contributed by atoms with van der Waals surface area (Å²) in [5.41, 5.74) is 3.72. The quantitative estimate of drug-likeness (QED) is 0.348. The number of amides is 1. The SMILES string of the molecule is CN(C(=O)c1cccs1)C(Cc1ccccc1F)C1CCN(Cc2cccc3nccnc23)CC1. The van der Waals surface area contributed by atoms with Gasteiger partial charge in [0.2, 0.25) is 0 Å². The molecule has 1 saturated heterocycles. The van der Waals surface area contributed by atoms with Gasteiger partial charge in [-0.2, -0.15) is 0 Å². The summed E-state index contributed by atoms with van der Waals surface area (Å²) in [6, 6.07) is 16.8. The number of rotatable bonds is 7. The molecular formula is C28H29FN4OS. The number of nitrogens with zero attached hydrogens (tertiary/aromatic N) is 4. The Kier molecular flexibility index (Phi) is 7.16. The first-order valence-electron chi connectivity index (χ1n) is 12.0. The molecule has 1 aliphatic heterocycles. The minimum atomic E-state index is -0.205. The molecule has 1 fully saturated rings. The monoisotopic (exact) mass is 488 g/mol. The lowest BCUT2D eigenvalue weighted by Crippen LogP contribution is -2.47. The summed E-state index contributed by atoms with van der Waals surface area (Å²) in [5.74, 6) is 0.106. The number of hydrogen-bond donors (Lipinski definition) is 0. The van der Waals surface area contributed by atoms with E-state index >= 15 is 0 Å². The molecule has 0 saturated carbocycles. The van der Waals surface area contributed by atoms with E-state index in [-0.39, 0.29) is 17.8 Å². The molecule has 1 aliphatic rings. The van der Waals surface area contributed by atoms with Crippen molar-refractivity contribution in [1.29, 1.82) is 0 Å². The van der Waals surface area contributed by atoms with E-state index in [2.05, 4.69) is 20.9 Å². The zero-order valence-electron chi connectivity index (χ0n) is 19.8. The van der Waals surface area contributed by atoms with Crippen LogP contribution in [0.4, 0.5) is 4.39 Å². The Morgan fingerprint density at radius 2 is 1.83 bits per heavy atom. The van der Waals surface area contributed by atoms with Gasteiger partial charge in [0.25, 0.3) is 5.91 Å². The lowest BCUT2D eigenvalue weighted by Gasteiger charge is -2.40. The Labute approximate surface area is 209 Å². The fraction of sp³-hybridized carbons (Fsp3) is 0.321. The van der Waals surface area contributed by atoms with Gasteiger partial charge in [-0.3, -0.25) is 19.7 Å². The number of thiophene rings is 1. The van der Waals surface area contributed by atoms with Crippen molar-refractivity contribution in [1.82, 2.24) is 19.8 Å². The average molecular weight is 489 g/mol. The van der Waals surface area contributed by atoms with E-state index in [9.17, 15) is 9.18 Å². The third-order valence-electron chi connectivity index (χ3n) is 7.09. The second kappa shape index (κ2) is 10.6. The summed E-state index contributed by atoms with van der Waals surface area (Å²) in [7, 11) is 1.87. The van der Waals surface area contributed by atoms with Gasteiger partial charge in [0.15, 0.2) is 0 Å². The summed E-state index contributed by atoms with van der Waals surface area (Å²) >= 11 is 1.45. The average Bonchev–Trinajstić information content (AvgIpc) is 3.43. The molecule has 2 aromatic heterocycles. The summed E-state index contributed by atoms with van der Waals surface area (Å²) in [6.45, 7) is 2.68. The highest BCUT2D eigenvalue weighted by Gasteiger charge is 2.33. The van der Waals surface area contributed by atoms with Crippen LogP contribution in [0.25, 0.3) is 11.0 Å². The van der Waals surface area contributed by atoms with E-state index in [1.54, 1.807) is 18.5 Å². The number of carbonyl (C=O) groups is 1. The number of halogens is 1. The second-order valence-electron chi connectivity index (χ2n) is 9.21. The smallest absolute Gasteiger partial charge is 0.263 e. The molecule has 1 unspecified atom stereocenters. The number of hydrogen-bond acceptors (Lipinski definition) is 5. The largest absolute Gasteiger partial charge is 0.337 e. The van der Waals surface area contributed by atoms with Crippen LogP contribution < -0.4 is 0 Å². The van der Waals surface area contributed by atoms with Crippen molar-refractivity contribution in [2.45, 2.75) is 31.8 Å². The van der Waals surface area contributed by atoms with E-state index in [0.29, 0.717) is 17.9 Å². The van der Waals surface area contributed by atoms with Gasteiger partial charge in [-0.05, 0) is 73.0 Å². The maximum atomic E-state index is 14.6. The second-order valence-corrected chi connectivity index (χ2v) is 10.2.